The zero-order valence-electron chi connectivity index (χ0n) is 11.4. The molecule has 2 atom stereocenters. The number of benzene rings is 2. The third-order valence-electron chi connectivity index (χ3n) is 3.86. The van der Waals surface area contributed by atoms with Crippen LogP contribution in [-0.2, 0) is 0 Å². The Morgan fingerprint density at radius 2 is 1.80 bits per heavy atom. The molecule has 102 valence electrons. The van der Waals surface area contributed by atoms with E-state index in [9.17, 15) is 5.21 Å². The molecule has 0 aromatic heterocycles. The molecule has 1 aliphatic rings. The standard InChI is InChI=1S/C17H17NO2/c1-20-14-9-7-12(8-10-14)15-11-16(15)17(18-19)13-5-3-2-4-6-13/h2-10,15-16,19H,11H2,1H3/b18-17-/t15-,16-/m0/s1. The van der Waals surface area contributed by atoms with Gasteiger partial charge < -0.3 is 9.94 Å². The second-order valence-electron chi connectivity index (χ2n) is 5.07. The molecule has 0 radical (unpaired) electrons. The number of rotatable bonds is 4. The number of nitrogens with zero attached hydrogens (tertiary/aromatic N) is 1. The predicted octanol–water partition coefficient (Wildman–Crippen LogP) is 3.68. The summed E-state index contributed by atoms with van der Waals surface area (Å²) in [5.74, 6) is 1.60. The van der Waals surface area contributed by atoms with E-state index in [4.69, 9.17) is 4.74 Å². The Morgan fingerprint density at radius 1 is 1.10 bits per heavy atom. The number of ether oxygens (including phenoxy) is 1. The molecule has 3 rings (SSSR count). The maximum absolute atomic E-state index is 9.30. The fourth-order valence-electron chi connectivity index (χ4n) is 2.67. The number of hydrogen-bond acceptors (Lipinski definition) is 3. The van der Waals surface area contributed by atoms with Crippen molar-refractivity contribution < 1.29 is 9.94 Å². The number of hydrogen-bond donors (Lipinski definition) is 1. The summed E-state index contributed by atoms with van der Waals surface area (Å²) in [5.41, 5.74) is 3.05. The lowest BCUT2D eigenvalue weighted by Gasteiger charge is -2.05. The van der Waals surface area contributed by atoms with Crippen LogP contribution in [0.15, 0.2) is 59.8 Å². The average Bonchev–Trinajstić information content (AvgIpc) is 3.30. The summed E-state index contributed by atoms with van der Waals surface area (Å²) in [5, 5.41) is 12.8. The van der Waals surface area contributed by atoms with Gasteiger partial charge in [0.2, 0.25) is 0 Å². The minimum Gasteiger partial charge on any atom is -0.497 e. The van der Waals surface area contributed by atoms with Gasteiger partial charge in [-0.25, -0.2) is 0 Å². The first-order valence-electron chi connectivity index (χ1n) is 6.75. The molecule has 0 heterocycles. The monoisotopic (exact) mass is 267 g/mol. The first-order valence-corrected chi connectivity index (χ1v) is 6.75. The molecule has 0 amide bonds. The van der Waals surface area contributed by atoms with E-state index in [-0.39, 0.29) is 0 Å². The van der Waals surface area contributed by atoms with Crippen molar-refractivity contribution in [3.8, 4) is 5.75 Å². The normalized spacial score (nSPS) is 21.6. The van der Waals surface area contributed by atoms with Crippen molar-refractivity contribution >= 4 is 5.71 Å². The van der Waals surface area contributed by atoms with Gasteiger partial charge in [-0.3, -0.25) is 0 Å². The van der Waals surface area contributed by atoms with Crippen LogP contribution in [0.2, 0.25) is 0 Å². The second kappa shape index (κ2) is 5.37. The molecule has 1 N–H and O–H groups in total. The molecule has 2 aromatic rings. The topological polar surface area (TPSA) is 41.8 Å². The molecule has 0 saturated heterocycles. The van der Waals surface area contributed by atoms with Gasteiger partial charge in [-0.1, -0.05) is 47.6 Å². The summed E-state index contributed by atoms with van der Waals surface area (Å²) in [4.78, 5) is 0. The van der Waals surface area contributed by atoms with Gasteiger partial charge in [0.05, 0.1) is 12.8 Å². The Morgan fingerprint density at radius 3 is 2.40 bits per heavy atom. The average molecular weight is 267 g/mol. The van der Waals surface area contributed by atoms with Gasteiger partial charge in [0.25, 0.3) is 0 Å². The van der Waals surface area contributed by atoms with Crippen LogP contribution < -0.4 is 4.74 Å². The van der Waals surface area contributed by atoms with Gasteiger partial charge in [-0.15, -0.1) is 0 Å². The Hall–Kier alpha value is -2.29. The van der Waals surface area contributed by atoms with E-state index in [1.165, 1.54) is 5.56 Å². The second-order valence-corrected chi connectivity index (χ2v) is 5.07. The molecule has 3 nitrogen and oxygen atoms in total. The van der Waals surface area contributed by atoms with Crippen molar-refractivity contribution in [2.45, 2.75) is 12.3 Å². The van der Waals surface area contributed by atoms with Crippen molar-refractivity contribution in [1.82, 2.24) is 0 Å². The molecule has 2 aromatic carbocycles. The van der Waals surface area contributed by atoms with Gasteiger partial charge in [-0.05, 0) is 35.6 Å². The summed E-state index contributed by atoms with van der Waals surface area (Å²) in [6, 6.07) is 18.0. The van der Waals surface area contributed by atoms with Crippen LogP contribution in [-0.4, -0.2) is 18.0 Å². The smallest absolute Gasteiger partial charge is 0.118 e. The highest BCUT2D eigenvalue weighted by molar-refractivity contribution is 6.04. The summed E-state index contributed by atoms with van der Waals surface area (Å²) in [7, 11) is 1.67. The fraction of sp³-hybridized carbons (Fsp3) is 0.235. The maximum Gasteiger partial charge on any atom is 0.118 e. The number of oxime groups is 1. The lowest BCUT2D eigenvalue weighted by atomic mass is 10.0. The SMILES string of the molecule is COc1ccc([C@@H]2C[C@@H]2/C(=N\O)c2ccccc2)cc1. The molecule has 1 fully saturated rings. The lowest BCUT2D eigenvalue weighted by Crippen LogP contribution is -2.05. The van der Waals surface area contributed by atoms with Gasteiger partial charge in [0.15, 0.2) is 0 Å². The largest absolute Gasteiger partial charge is 0.497 e. The third kappa shape index (κ3) is 2.39. The van der Waals surface area contributed by atoms with E-state index >= 15 is 0 Å². The third-order valence-corrected chi connectivity index (χ3v) is 3.86. The van der Waals surface area contributed by atoms with Gasteiger partial charge >= 0.3 is 0 Å². The summed E-state index contributed by atoms with van der Waals surface area (Å²) < 4.78 is 5.17. The fourth-order valence-corrected chi connectivity index (χ4v) is 2.67. The molecular weight excluding hydrogens is 250 g/mol. The molecule has 0 bridgehead atoms. The van der Waals surface area contributed by atoms with Crippen molar-refractivity contribution in [1.29, 1.82) is 0 Å². The van der Waals surface area contributed by atoms with Crippen molar-refractivity contribution in [2.75, 3.05) is 7.11 Å². The first kappa shape index (κ1) is 12.7. The molecule has 3 heteroatoms. The highest BCUT2D eigenvalue weighted by Crippen LogP contribution is 2.49. The van der Waals surface area contributed by atoms with Crippen molar-refractivity contribution in [2.24, 2.45) is 11.1 Å². The zero-order chi connectivity index (χ0) is 13.9. The molecule has 1 aliphatic carbocycles. The number of methoxy groups -OCH3 is 1. The van der Waals surface area contributed by atoms with Crippen LogP contribution in [0.4, 0.5) is 0 Å². The molecule has 0 aliphatic heterocycles. The quantitative estimate of drug-likeness (QED) is 0.521. The molecule has 20 heavy (non-hydrogen) atoms. The Kier molecular flexibility index (Phi) is 3.42. The van der Waals surface area contributed by atoms with Crippen molar-refractivity contribution in [3.05, 3.63) is 65.7 Å². The molecular formula is C17H17NO2. The van der Waals surface area contributed by atoms with E-state index in [1.807, 2.05) is 42.5 Å². The zero-order valence-corrected chi connectivity index (χ0v) is 11.4. The summed E-state index contributed by atoms with van der Waals surface area (Å²) >= 11 is 0. The maximum atomic E-state index is 9.30. The summed E-state index contributed by atoms with van der Waals surface area (Å²) in [6.45, 7) is 0. The van der Waals surface area contributed by atoms with E-state index < -0.39 is 0 Å². The molecule has 1 saturated carbocycles. The Labute approximate surface area is 118 Å². The highest BCUT2D eigenvalue weighted by atomic mass is 16.5. The minimum absolute atomic E-state index is 0.302. The van der Waals surface area contributed by atoms with Crippen LogP contribution in [0.25, 0.3) is 0 Å². The van der Waals surface area contributed by atoms with Gasteiger partial charge in [0, 0.05) is 5.92 Å². The van der Waals surface area contributed by atoms with E-state index in [0.717, 1.165) is 23.4 Å². The first-order chi connectivity index (χ1) is 9.83. The van der Waals surface area contributed by atoms with E-state index in [0.29, 0.717) is 11.8 Å². The predicted molar refractivity (Wildman–Crippen MR) is 78.6 cm³/mol. The van der Waals surface area contributed by atoms with E-state index in [2.05, 4.69) is 17.3 Å². The molecule has 0 spiro atoms. The Balaban J connectivity index is 1.77. The van der Waals surface area contributed by atoms with Crippen LogP contribution in [0.1, 0.15) is 23.5 Å². The van der Waals surface area contributed by atoms with Crippen LogP contribution in [0, 0.1) is 5.92 Å². The Bertz CT molecular complexity index is 605. The van der Waals surface area contributed by atoms with Gasteiger partial charge in [-0.2, -0.15) is 0 Å². The highest BCUT2D eigenvalue weighted by Gasteiger charge is 2.42. The van der Waals surface area contributed by atoms with E-state index in [1.54, 1.807) is 7.11 Å². The minimum atomic E-state index is 0.302. The van der Waals surface area contributed by atoms with Crippen LogP contribution in [0.3, 0.4) is 0 Å². The molecule has 0 unspecified atom stereocenters. The van der Waals surface area contributed by atoms with Crippen LogP contribution in [0.5, 0.6) is 5.75 Å². The summed E-state index contributed by atoms with van der Waals surface area (Å²) in [6.07, 6.45) is 1.03. The van der Waals surface area contributed by atoms with Crippen LogP contribution >= 0.6 is 0 Å². The van der Waals surface area contributed by atoms with Crippen molar-refractivity contribution in [3.63, 3.8) is 0 Å². The lowest BCUT2D eigenvalue weighted by molar-refractivity contribution is 0.317. The van der Waals surface area contributed by atoms with Gasteiger partial charge in [0.1, 0.15) is 5.75 Å².